The molecule has 2 rings (SSSR count). The van der Waals surface area contributed by atoms with Gasteiger partial charge in [-0.2, -0.15) is 0 Å². The largest absolute Gasteiger partial charge is 0.493 e. The number of nitrogen functional groups attached to an aromatic ring is 1. The smallest absolute Gasteiger partial charge is 0.167 e. The highest BCUT2D eigenvalue weighted by atomic mass is 32.2. The van der Waals surface area contributed by atoms with E-state index in [9.17, 15) is 0 Å². The Morgan fingerprint density at radius 3 is 3.06 bits per heavy atom. The van der Waals surface area contributed by atoms with E-state index in [1.165, 1.54) is 0 Å². The van der Waals surface area contributed by atoms with E-state index in [4.69, 9.17) is 10.5 Å². The zero-order valence-corrected chi connectivity index (χ0v) is 11.2. The van der Waals surface area contributed by atoms with Crippen molar-refractivity contribution in [1.29, 1.82) is 0 Å². The number of imidazole rings is 1. The van der Waals surface area contributed by atoms with Crippen molar-refractivity contribution in [3.8, 4) is 5.75 Å². The number of nitrogens with zero attached hydrogens (tertiary/aromatic N) is 2. The van der Waals surface area contributed by atoms with Gasteiger partial charge in [-0.15, -0.1) is 0 Å². The van der Waals surface area contributed by atoms with Crippen LogP contribution in [0.3, 0.4) is 0 Å². The number of anilines is 1. The van der Waals surface area contributed by atoms with Crippen molar-refractivity contribution < 1.29 is 4.74 Å². The number of hydrogen-bond donors (Lipinski definition) is 1. The topological polar surface area (TPSA) is 53.1 Å². The van der Waals surface area contributed by atoms with E-state index in [1.807, 2.05) is 48.3 Å². The summed E-state index contributed by atoms with van der Waals surface area (Å²) in [5.41, 5.74) is 6.41. The molecule has 18 heavy (non-hydrogen) atoms. The first-order chi connectivity index (χ1) is 8.75. The Hall–Kier alpha value is -1.62. The molecule has 4 nitrogen and oxygen atoms in total. The summed E-state index contributed by atoms with van der Waals surface area (Å²) in [7, 11) is 2.00. The first kappa shape index (κ1) is 12.8. The molecule has 2 N–H and O–H groups in total. The fourth-order valence-electron chi connectivity index (χ4n) is 1.51. The highest BCUT2D eigenvalue weighted by molar-refractivity contribution is 7.99. The van der Waals surface area contributed by atoms with Crippen molar-refractivity contribution in [3.63, 3.8) is 0 Å². The van der Waals surface area contributed by atoms with Gasteiger partial charge in [0.05, 0.1) is 6.61 Å². The lowest BCUT2D eigenvalue weighted by atomic mass is 10.3. The third kappa shape index (κ3) is 3.70. The third-order valence-electron chi connectivity index (χ3n) is 2.42. The minimum atomic E-state index is 0.695. The molecule has 1 heterocycles. The van der Waals surface area contributed by atoms with E-state index < -0.39 is 0 Å². The van der Waals surface area contributed by atoms with Crippen molar-refractivity contribution in [3.05, 3.63) is 36.7 Å². The Labute approximate surface area is 111 Å². The number of hydrogen-bond acceptors (Lipinski definition) is 4. The summed E-state index contributed by atoms with van der Waals surface area (Å²) in [6.07, 6.45) is 4.74. The highest BCUT2D eigenvalue weighted by Crippen LogP contribution is 2.17. The van der Waals surface area contributed by atoms with Crippen molar-refractivity contribution in [2.45, 2.75) is 11.6 Å². The summed E-state index contributed by atoms with van der Waals surface area (Å²) in [5, 5.41) is 1.04. The van der Waals surface area contributed by atoms with Crippen LogP contribution in [0.5, 0.6) is 5.75 Å². The molecule has 0 radical (unpaired) electrons. The van der Waals surface area contributed by atoms with E-state index in [1.54, 1.807) is 11.8 Å². The quantitative estimate of drug-likeness (QED) is 0.494. The average Bonchev–Trinajstić information content (AvgIpc) is 2.75. The maximum absolute atomic E-state index is 5.67. The van der Waals surface area contributed by atoms with Crippen LogP contribution in [0, 0.1) is 0 Å². The monoisotopic (exact) mass is 263 g/mol. The summed E-state index contributed by atoms with van der Waals surface area (Å²) >= 11 is 1.74. The van der Waals surface area contributed by atoms with Gasteiger partial charge in [-0.05, 0) is 18.6 Å². The van der Waals surface area contributed by atoms with Gasteiger partial charge in [-0.25, -0.2) is 4.98 Å². The normalized spacial score (nSPS) is 10.5. The SMILES string of the molecule is Cn1ccnc1SCCCOc1cccc(N)c1. The number of rotatable bonds is 6. The zero-order valence-electron chi connectivity index (χ0n) is 10.4. The summed E-state index contributed by atoms with van der Waals surface area (Å²) < 4.78 is 7.63. The van der Waals surface area contributed by atoms with Crippen LogP contribution in [0.15, 0.2) is 41.8 Å². The number of nitrogens with two attached hydrogens (primary N) is 1. The molecule has 0 saturated heterocycles. The maximum Gasteiger partial charge on any atom is 0.167 e. The molecule has 0 aliphatic heterocycles. The predicted molar refractivity (Wildman–Crippen MR) is 74.9 cm³/mol. The first-order valence-corrected chi connectivity index (χ1v) is 6.83. The number of benzene rings is 1. The zero-order chi connectivity index (χ0) is 12.8. The summed E-state index contributed by atoms with van der Waals surface area (Å²) in [4.78, 5) is 4.25. The van der Waals surface area contributed by atoms with Crippen molar-refractivity contribution in [2.75, 3.05) is 18.1 Å². The Morgan fingerprint density at radius 1 is 1.44 bits per heavy atom. The van der Waals surface area contributed by atoms with Gasteiger partial charge in [0.25, 0.3) is 0 Å². The second kappa shape index (κ2) is 6.35. The number of ether oxygens (including phenoxy) is 1. The van der Waals surface area contributed by atoms with Crippen molar-refractivity contribution >= 4 is 17.4 Å². The van der Waals surface area contributed by atoms with Gasteiger partial charge in [0.1, 0.15) is 5.75 Å². The molecule has 0 fully saturated rings. The lowest BCUT2D eigenvalue weighted by Gasteiger charge is -2.06. The van der Waals surface area contributed by atoms with Gasteiger partial charge in [-0.3, -0.25) is 0 Å². The van der Waals surface area contributed by atoms with E-state index in [-0.39, 0.29) is 0 Å². The van der Waals surface area contributed by atoms with Crippen LogP contribution in [0.25, 0.3) is 0 Å². The van der Waals surface area contributed by atoms with E-state index >= 15 is 0 Å². The molecule has 96 valence electrons. The average molecular weight is 263 g/mol. The van der Waals surface area contributed by atoms with Gasteiger partial charge in [0.2, 0.25) is 0 Å². The summed E-state index contributed by atoms with van der Waals surface area (Å²) in [5.74, 6) is 1.82. The molecule has 0 unspecified atom stereocenters. The third-order valence-corrected chi connectivity index (χ3v) is 3.57. The Morgan fingerprint density at radius 2 is 2.33 bits per heavy atom. The summed E-state index contributed by atoms with van der Waals surface area (Å²) in [6.45, 7) is 0.695. The second-order valence-corrected chi connectivity index (χ2v) is 5.01. The Bertz CT molecular complexity index is 498. The van der Waals surface area contributed by atoms with Crippen LogP contribution >= 0.6 is 11.8 Å². The summed E-state index contributed by atoms with van der Waals surface area (Å²) in [6, 6.07) is 7.51. The van der Waals surface area contributed by atoms with Gasteiger partial charge < -0.3 is 15.0 Å². The molecular weight excluding hydrogens is 246 g/mol. The van der Waals surface area contributed by atoms with Gasteiger partial charge >= 0.3 is 0 Å². The molecule has 0 aliphatic rings. The molecule has 0 bridgehead atoms. The van der Waals surface area contributed by atoms with Gasteiger partial charge in [-0.1, -0.05) is 17.8 Å². The van der Waals surface area contributed by atoms with Crippen LogP contribution in [-0.2, 0) is 7.05 Å². The molecule has 0 atom stereocenters. The number of thioether (sulfide) groups is 1. The van der Waals surface area contributed by atoms with Crippen LogP contribution < -0.4 is 10.5 Å². The molecule has 1 aromatic heterocycles. The molecule has 0 saturated carbocycles. The molecule has 2 aromatic rings. The number of aryl methyl sites for hydroxylation is 1. The maximum atomic E-state index is 5.67. The lowest BCUT2D eigenvalue weighted by Crippen LogP contribution is -2.00. The van der Waals surface area contributed by atoms with Gasteiger partial charge in [0, 0.05) is 36.9 Å². The number of aromatic nitrogens is 2. The lowest BCUT2D eigenvalue weighted by molar-refractivity contribution is 0.319. The predicted octanol–water partition coefficient (Wildman–Crippen LogP) is 2.56. The standard InChI is InChI=1S/C13H17N3OS/c1-16-7-6-15-13(16)18-9-3-8-17-12-5-2-4-11(14)10-12/h2,4-7,10H,3,8-9,14H2,1H3. The van der Waals surface area contributed by atoms with Crippen LogP contribution in [0.2, 0.25) is 0 Å². The molecule has 0 amide bonds. The fraction of sp³-hybridized carbons (Fsp3) is 0.308. The molecular formula is C13H17N3OS. The van der Waals surface area contributed by atoms with Crippen molar-refractivity contribution in [2.24, 2.45) is 7.05 Å². The second-order valence-electron chi connectivity index (χ2n) is 3.94. The fourth-order valence-corrected chi connectivity index (χ4v) is 2.35. The van der Waals surface area contributed by atoms with E-state index in [0.717, 1.165) is 28.8 Å². The Kier molecular flexibility index (Phi) is 4.52. The first-order valence-electron chi connectivity index (χ1n) is 5.84. The molecule has 0 spiro atoms. The molecule has 5 heteroatoms. The molecule has 0 aliphatic carbocycles. The molecule has 1 aromatic carbocycles. The Balaban J connectivity index is 1.66. The van der Waals surface area contributed by atoms with Crippen LogP contribution in [0.4, 0.5) is 5.69 Å². The van der Waals surface area contributed by atoms with Crippen LogP contribution in [0.1, 0.15) is 6.42 Å². The minimum Gasteiger partial charge on any atom is -0.493 e. The van der Waals surface area contributed by atoms with Crippen LogP contribution in [-0.4, -0.2) is 21.9 Å². The minimum absolute atomic E-state index is 0.695. The van der Waals surface area contributed by atoms with Gasteiger partial charge in [0.15, 0.2) is 5.16 Å². The van der Waals surface area contributed by atoms with Crippen molar-refractivity contribution in [1.82, 2.24) is 9.55 Å². The van der Waals surface area contributed by atoms with E-state index in [2.05, 4.69) is 4.98 Å². The highest BCUT2D eigenvalue weighted by Gasteiger charge is 2.00. The van der Waals surface area contributed by atoms with E-state index in [0.29, 0.717) is 6.61 Å².